The number of anilines is 1. The Morgan fingerprint density at radius 2 is 1.45 bits per heavy atom. The average molecular weight is 416 g/mol. The van der Waals surface area contributed by atoms with Gasteiger partial charge in [-0.1, -0.05) is 13.8 Å². The molecule has 0 bridgehead atoms. The minimum atomic E-state index is -3.58. The van der Waals surface area contributed by atoms with E-state index in [9.17, 15) is 18.0 Å². The van der Waals surface area contributed by atoms with E-state index in [0.717, 1.165) is 6.42 Å². The van der Waals surface area contributed by atoms with Crippen molar-refractivity contribution in [1.29, 1.82) is 0 Å². The van der Waals surface area contributed by atoms with Crippen LogP contribution in [0.4, 0.5) is 5.69 Å². The van der Waals surface area contributed by atoms with Gasteiger partial charge in [-0.15, -0.1) is 0 Å². The summed E-state index contributed by atoms with van der Waals surface area (Å²) in [4.78, 5) is 23.7. The number of primary amides is 1. The van der Waals surface area contributed by atoms with E-state index in [1.54, 1.807) is 12.1 Å². The number of nitrogens with one attached hydrogen (secondary N) is 1. The molecule has 0 unspecified atom stereocenters. The van der Waals surface area contributed by atoms with E-state index >= 15 is 0 Å². The molecule has 3 rings (SSSR count). The van der Waals surface area contributed by atoms with Gasteiger partial charge in [-0.25, -0.2) is 8.42 Å². The van der Waals surface area contributed by atoms with Gasteiger partial charge in [-0.3, -0.25) is 9.59 Å². The highest BCUT2D eigenvalue weighted by Gasteiger charge is 2.31. The Morgan fingerprint density at radius 3 is 1.97 bits per heavy atom. The van der Waals surface area contributed by atoms with Gasteiger partial charge in [0.15, 0.2) is 0 Å². The quantitative estimate of drug-likeness (QED) is 0.782. The maximum atomic E-state index is 12.9. The first kappa shape index (κ1) is 21.0. The molecule has 7 nitrogen and oxygen atoms in total. The van der Waals surface area contributed by atoms with Gasteiger partial charge in [0.2, 0.25) is 15.9 Å². The highest BCUT2D eigenvalue weighted by Crippen LogP contribution is 2.26. The molecule has 2 aromatic carbocycles. The monoisotopic (exact) mass is 415 g/mol. The highest BCUT2D eigenvalue weighted by molar-refractivity contribution is 7.89. The molecule has 8 heteroatoms. The van der Waals surface area contributed by atoms with Crippen LogP contribution < -0.4 is 11.1 Å². The fourth-order valence-electron chi connectivity index (χ4n) is 3.65. The molecule has 0 saturated carbocycles. The second-order valence-electron chi connectivity index (χ2n) is 7.69. The molecule has 2 amide bonds. The number of carbonyl (C=O) groups excluding carboxylic acids is 2. The van der Waals surface area contributed by atoms with Crippen LogP contribution in [-0.2, 0) is 10.0 Å². The number of hydrogen-bond donors (Lipinski definition) is 2. The molecule has 0 radical (unpaired) electrons. The number of benzene rings is 2. The lowest BCUT2D eigenvalue weighted by Crippen LogP contribution is -2.42. The third-order valence-electron chi connectivity index (χ3n) is 5.02. The summed E-state index contributed by atoms with van der Waals surface area (Å²) in [6.07, 6.45) is 1.02. The summed E-state index contributed by atoms with van der Waals surface area (Å²) in [5.41, 5.74) is 6.39. The number of carbonyl (C=O) groups is 2. The molecule has 29 heavy (non-hydrogen) atoms. The molecule has 1 fully saturated rings. The van der Waals surface area contributed by atoms with E-state index < -0.39 is 15.9 Å². The van der Waals surface area contributed by atoms with Crippen molar-refractivity contribution in [2.24, 2.45) is 17.6 Å². The van der Waals surface area contributed by atoms with Crippen LogP contribution in [0.5, 0.6) is 0 Å². The summed E-state index contributed by atoms with van der Waals surface area (Å²) in [6.45, 7) is 5.13. The Labute approximate surface area is 171 Å². The molecular weight excluding hydrogens is 390 g/mol. The predicted octanol–water partition coefficient (Wildman–Crippen LogP) is 2.70. The fourth-order valence-corrected chi connectivity index (χ4v) is 5.33. The molecular formula is C21H25N3O4S. The minimum Gasteiger partial charge on any atom is -0.366 e. The number of hydrogen-bond acceptors (Lipinski definition) is 4. The molecule has 3 N–H and O–H groups in total. The smallest absolute Gasteiger partial charge is 0.255 e. The van der Waals surface area contributed by atoms with Crippen LogP contribution >= 0.6 is 0 Å². The highest BCUT2D eigenvalue weighted by atomic mass is 32.2. The van der Waals surface area contributed by atoms with Crippen molar-refractivity contribution in [2.45, 2.75) is 25.2 Å². The molecule has 0 spiro atoms. The number of piperidine rings is 1. The normalized spacial score (nSPS) is 20.2. The van der Waals surface area contributed by atoms with Crippen LogP contribution in [0.25, 0.3) is 0 Å². The van der Waals surface area contributed by atoms with Gasteiger partial charge in [0, 0.05) is 29.9 Å². The van der Waals surface area contributed by atoms with Gasteiger partial charge < -0.3 is 11.1 Å². The third-order valence-corrected chi connectivity index (χ3v) is 6.86. The molecule has 154 valence electrons. The standard InChI is InChI=1S/C21H25N3O4S/c1-14-11-15(2)13-24(12-14)29(27,28)19-9-5-17(6-10-19)21(26)23-18-7-3-16(4-8-18)20(22)25/h3-10,14-15H,11-13H2,1-2H3,(H2,22,25)(H,23,26)/t14-,15+. The first-order valence-electron chi connectivity index (χ1n) is 9.48. The number of sulfonamides is 1. The second-order valence-corrected chi connectivity index (χ2v) is 9.63. The molecule has 1 aliphatic heterocycles. The van der Waals surface area contributed by atoms with Crippen LogP contribution in [0, 0.1) is 11.8 Å². The Kier molecular flexibility index (Phi) is 6.04. The Balaban J connectivity index is 1.72. The third kappa shape index (κ3) is 4.83. The van der Waals surface area contributed by atoms with Crippen LogP contribution in [0.1, 0.15) is 41.0 Å². The van der Waals surface area contributed by atoms with Crippen molar-refractivity contribution >= 4 is 27.5 Å². The van der Waals surface area contributed by atoms with Crippen molar-refractivity contribution in [3.8, 4) is 0 Å². The number of rotatable bonds is 5. The molecule has 1 aliphatic rings. The summed E-state index contributed by atoms with van der Waals surface area (Å²) < 4.78 is 27.4. The van der Waals surface area contributed by atoms with Crippen LogP contribution in [-0.4, -0.2) is 37.6 Å². The van der Waals surface area contributed by atoms with Gasteiger partial charge in [0.05, 0.1) is 4.90 Å². The van der Waals surface area contributed by atoms with Crippen LogP contribution in [0.15, 0.2) is 53.4 Å². The van der Waals surface area contributed by atoms with E-state index in [1.165, 1.54) is 40.7 Å². The molecule has 1 heterocycles. The molecule has 1 saturated heterocycles. The Hall–Kier alpha value is -2.71. The second kappa shape index (κ2) is 8.34. The number of amides is 2. The largest absolute Gasteiger partial charge is 0.366 e. The van der Waals surface area contributed by atoms with E-state index in [1.807, 2.05) is 0 Å². The van der Waals surface area contributed by atoms with Crippen LogP contribution in [0.2, 0.25) is 0 Å². The summed E-state index contributed by atoms with van der Waals surface area (Å²) in [5.74, 6) is -0.280. The zero-order chi connectivity index (χ0) is 21.2. The van der Waals surface area contributed by atoms with Crippen LogP contribution in [0.3, 0.4) is 0 Å². The van der Waals surface area contributed by atoms with Gasteiger partial charge >= 0.3 is 0 Å². The first-order chi connectivity index (χ1) is 13.7. The zero-order valence-corrected chi connectivity index (χ0v) is 17.3. The minimum absolute atomic E-state index is 0.182. The fraction of sp³-hybridized carbons (Fsp3) is 0.333. The van der Waals surface area contributed by atoms with E-state index in [2.05, 4.69) is 19.2 Å². The Morgan fingerprint density at radius 1 is 0.931 bits per heavy atom. The Bertz CT molecular complexity index is 991. The maximum Gasteiger partial charge on any atom is 0.255 e. The van der Waals surface area contributed by atoms with Crippen molar-refractivity contribution in [3.63, 3.8) is 0 Å². The van der Waals surface area contributed by atoms with Crippen molar-refractivity contribution in [3.05, 3.63) is 59.7 Å². The summed E-state index contributed by atoms with van der Waals surface area (Å²) in [6, 6.07) is 12.1. The number of nitrogens with two attached hydrogens (primary N) is 1. The summed E-state index contributed by atoms with van der Waals surface area (Å²) in [7, 11) is -3.58. The lowest BCUT2D eigenvalue weighted by molar-refractivity contribution is 0.0998. The maximum absolute atomic E-state index is 12.9. The molecule has 2 atom stereocenters. The lowest BCUT2D eigenvalue weighted by Gasteiger charge is -2.34. The predicted molar refractivity (Wildman–Crippen MR) is 111 cm³/mol. The van der Waals surface area contributed by atoms with E-state index in [-0.39, 0.29) is 10.8 Å². The molecule has 0 aromatic heterocycles. The van der Waals surface area contributed by atoms with Gasteiger partial charge in [0.25, 0.3) is 5.91 Å². The molecule has 2 aromatic rings. The summed E-state index contributed by atoms with van der Waals surface area (Å²) in [5, 5.41) is 2.71. The van der Waals surface area contributed by atoms with Gasteiger partial charge in [0.1, 0.15) is 0 Å². The number of nitrogens with zero attached hydrogens (tertiary/aromatic N) is 1. The summed E-state index contributed by atoms with van der Waals surface area (Å²) >= 11 is 0. The lowest BCUT2D eigenvalue weighted by atomic mass is 9.94. The average Bonchev–Trinajstić information content (AvgIpc) is 2.67. The first-order valence-corrected chi connectivity index (χ1v) is 10.9. The van der Waals surface area contributed by atoms with Crippen molar-refractivity contribution < 1.29 is 18.0 Å². The SMILES string of the molecule is C[C@@H]1C[C@H](C)CN(S(=O)(=O)c2ccc(C(=O)Nc3ccc(C(N)=O)cc3)cc2)C1. The van der Waals surface area contributed by atoms with Gasteiger partial charge in [-0.05, 0) is 66.8 Å². The van der Waals surface area contributed by atoms with Gasteiger partial charge in [-0.2, -0.15) is 4.31 Å². The zero-order valence-electron chi connectivity index (χ0n) is 16.5. The van der Waals surface area contributed by atoms with Crippen molar-refractivity contribution in [1.82, 2.24) is 4.31 Å². The van der Waals surface area contributed by atoms with Crippen molar-refractivity contribution in [2.75, 3.05) is 18.4 Å². The van der Waals surface area contributed by atoms with E-state index in [4.69, 9.17) is 5.73 Å². The topological polar surface area (TPSA) is 110 Å². The van der Waals surface area contributed by atoms with E-state index in [0.29, 0.717) is 41.7 Å². The molecule has 0 aliphatic carbocycles.